The molecule has 2 N–H and O–H groups in total. The minimum absolute atomic E-state index is 0.190. The van der Waals surface area contributed by atoms with E-state index < -0.39 is 17.6 Å². The van der Waals surface area contributed by atoms with E-state index in [0.29, 0.717) is 44.0 Å². The number of imidazole rings is 1. The number of aromatic amines is 1. The Morgan fingerprint density at radius 3 is 2.46 bits per heavy atom. The number of hydrogen-bond acceptors (Lipinski definition) is 4. The quantitative estimate of drug-likeness (QED) is 0.541. The van der Waals surface area contributed by atoms with Crippen molar-refractivity contribution in [1.82, 2.24) is 25.1 Å². The minimum atomic E-state index is -4.57. The van der Waals surface area contributed by atoms with Gasteiger partial charge in [-0.05, 0) is 61.7 Å². The topological polar surface area (TPSA) is 64.3 Å². The number of alkyl halides is 3. The van der Waals surface area contributed by atoms with Crippen LogP contribution in [0.3, 0.4) is 0 Å². The average molecular weight is 490 g/mol. The number of carbonyl (C=O) groups is 1. The molecule has 1 aromatic heterocycles. The highest BCUT2D eigenvalue weighted by Crippen LogP contribution is 2.31. The summed E-state index contributed by atoms with van der Waals surface area (Å²) in [7, 11) is 0. The summed E-state index contributed by atoms with van der Waals surface area (Å²) in [4.78, 5) is 24.3. The predicted octanol–water partition coefficient (Wildman–Crippen LogP) is 4.15. The van der Waals surface area contributed by atoms with E-state index in [9.17, 15) is 22.4 Å². The molecule has 0 radical (unpaired) electrons. The minimum Gasteiger partial charge on any atom is -0.334 e. The van der Waals surface area contributed by atoms with E-state index in [0.717, 1.165) is 43.0 Å². The molecule has 6 nitrogen and oxygen atoms in total. The number of benzene rings is 2. The van der Waals surface area contributed by atoms with Crippen LogP contribution in [0.15, 0.2) is 36.4 Å². The van der Waals surface area contributed by atoms with Gasteiger partial charge in [-0.1, -0.05) is 12.1 Å². The van der Waals surface area contributed by atoms with Crippen LogP contribution in [0.25, 0.3) is 11.0 Å². The number of nitrogens with zero attached hydrogens (tertiary/aromatic N) is 3. The fourth-order valence-electron chi connectivity index (χ4n) is 4.89. The zero-order chi connectivity index (χ0) is 24.6. The summed E-state index contributed by atoms with van der Waals surface area (Å²) in [5.74, 6) is -0.259. The molecule has 0 saturated carbocycles. The number of halogens is 4. The van der Waals surface area contributed by atoms with Crippen molar-refractivity contribution in [3.05, 3.63) is 64.7 Å². The number of carbonyl (C=O) groups excluding carboxylic acids is 1. The van der Waals surface area contributed by atoms with Gasteiger partial charge in [0, 0.05) is 38.3 Å². The van der Waals surface area contributed by atoms with E-state index in [-0.39, 0.29) is 18.0 Å². The number of hydrogen-bond donors (Lipinski definition) is 2. The number of H-pyrrole nitrogens is 1. The Morgan fingerprint density at radius 2 is 1.77 bits per heavy atom. The molecule has 2 fully saturated rings. The van der Waals surface area contributed by atoms with Crippen molar-refractivity contribution in [2.24, 2.45) is 0 Å². The highest BCUT2D eigenvalue weighted by atomic mass is 19.4. The lowest BCUT2D eigenvalue weighted by Crippen LogP contribution is -2.48. The van der Waals surface area contributed by atoms with Crippen LogP contribution in [0, 0.1) is 5.82 Å². The summed E-state index contributed by atoms with van der Waals surface area (Å²) in [6.45, 7) is 4.05. The molecule has 186 valence electrons. The lowest BCUT2D eigenvalue weighted by Gasteiger charge is -2.34. The molecule has 0 bridgehead atoms. The number of aromatic nitrogens is 2. The van der Waals surface area contributed by atoms with Gasteiger partial charge in [0.1, 0.15) is 5.82 Å². The lowest BCUT2D eigenvalue weighted by molar-refractivity contribution is -0.137. The van der Waals surface area contributed by atoms with Crippen molar-refractivity contribution in [1.29, 1.82) is 0 Å². The Morgan fingerprint density at radius 1 is 1.03 bits per heavy atom. The normalized spacial score (nSPS) is 18.3. The molecule has 0 aliphatic carbocycles. The van der Waals surface area contributed by atoms with E-state index in [1.807, 2.05) is 11.0 Å². The Hall–Kier alpha value is -2.98. The Balaban J connectivity index is 1.20. The van der Waals surface area contributed by atoms with Crippen molar-refractivity contribution in [3.63, 3.8) is 0 Å². The third-order valence-corrected chi connectivity index (χ3v) is 6.95. The molecule has 1 amide bonds. The number of nitrogens with one attached hydrogen (secondary N) is 2. The number of fused-ring (bicyclic) bond motifs is 1. The first-order chi connectivity index (χ1) is 16.8. The Kier molecular flexibility index (Phi) is 6.50. The summed E-state index contributed by atoms with van der Waals surface area (Å²) >= 11 is 0. The first-order valence-corrected chi connectivity index (χ1v) is 11.9. The van der Waals surface area contributed by atoms with Crippen molar-refractivity contribution in [2.75, 3.05) is 39.3 Å². The molecule has 3 heterocycles. The second-order valence-corrected chi connectivity index (χ2v) is 9.26. The van der Waals surface area contributed by atoms with E-state index in [2.05, 4.69) is 27.4 Å². The molecule has 2 aliphatic rings. The molecule has 0 atom stereocenters. The van der Waals surface area contributed by atoms with Gasteiger partial charge in [0.2, 0.25) is 0 Å². The van der Waals surface area contributed by atoms with Crippen molar-refractivity contribution >= 4 is 16.9 Å². The standard InChI is InChI=1S/C25H27F4N5O/c26-20-14-19(25(27,28)29)3-1-18(20)15-33-9-11-34(12-10-33)24(35)23-31-21-4-2-17(13-22(21)32-23)16-5-7-30-8-6-16/h1-4,13-14,16,30H,5-12,15H2,(H,31,32). The fraction of sp³-hybridized carbons (Fsp3) is 0.440. The van der Waals surface area contributed by atoms with Crippen LogP contribution < -0.4 is 5.32 Å². The highest BCUT2D eigenvalue weighted by Gasteiger charge is 2.31. The summed E-state index contributed by atoms with van der Waals surface area (Å²) < 4.78 is 52.5. The molecule has 2 aromatic carbocycles. The van der Waals surface area contributed by atoms with E-state index >= 15 is 0 Å². The molecule has 3 aromatic rings. The first-order valence-electron chi connectivity index (χ1n) is 11.9. The largest absolute Gasteiger partial charge is 0.416 e. The summed E-state index contributed by atoms with van der Waals surface area (Å²) in [6, 6.07) is 8.75. The molecule has 2 aliphatic heterocycles. The molecule has 10 heteroatoms. The number of piperazine rings is 1. The molecule has 0 unspecified atom stereocenters. The van der Waals surface area contributed by atoms with Gasteiger partial charge in [0.15, 0.2) is 5.82 Å². The van der Waals surface area contributed by atoms with Gasteiger partial charge in [-0.25, -0.2) is 9.37 Å². The van der Waals surface area contributed by atoms with Crippen LogP contribution in [0.4, 0.5) is 17.6 Å². The fourth-order valence-corrected chi connectivity index (χ4v) is 4.89. The SMILES string of the molecule is O=C(c1nc2ccc(C3CCNCC3)cc2[nH]1)N1CCN(Cc2ccc(C(F)(F)F)cc2F)CC1. The zero-order valence-corrected chi connectivity index (χ0v) is 19.2. The molecular weight excluding hydrogens is 462 g/mol. The number of rotatable bonds is 4. The van der Waals surface area contributed by atoms with Crippen LogP contribution in [0.5, 0.6) is 0 Å². The van der Waals surface area contributed by atoms with Crippen molar-refractivity contribution in [3.8, 4) is 0 Å². The summed E-state index contributed by atoms with van der Waals surface area (Å²) in [6.07, 6.45) is -2.39. The maximum atomic E-state index is 14.2. The molecule has 2 saturated heterocycles. The summed E-state index contributed by atoms with van der Waals surface area (Å²) in [5.41, 5.74) is 2.07. The molecule has 5 rings (SSSR count). The Bertz CT molecular complexity index is 1210. The maximum absolute atomic E-state index is 14.2. The maximum Gasteiger partial charge on any atom is 0.416 e. The molecule has 0 spiro atoms. The highest BCUT2D eigenvalue weighted by molar-refractivity contribution is 5.94. The average Bonchev–Trinajstić information content (AvgIpc) is 3.29. The summed E-state index contributed by atoms with van der Waals surface area (Å²) in [5, 5.41) is 3.37. The second-order valence-electron chi connectivity index (χ2n) is 9.26. The van der Waals surface area contributed by atoms with E-state index in [1.165, 1.54) is 11.6 Å². The number of amides is 1. The van der Waals surface area contributed by atoms with Crippen LogP contribution in [-0.4, -0.2) is 64.9 Å². The van der Waals surface area contributed by atoms with Gasteiger partial charge in [-0.3, -0.25) is 9.69 Å². The predicted molar refractivity (Wildman–Crippen MR) is 124 cm³/mol. The first kappa shape index (κ1) is 23.7. The van der Waals surface area contributed by atoms with Gasteiger partial charge in [-0.2, -0.15) is 13.2 Å². The number of piperidine rings is 1. The smallest absolute Gasteiger partial charge is 0.334 e. The third-order valence-electron chi connectivity index (χ3n) is 6.95. The lowest BCUT2D eigenvalue weighted by atomic mass is 9.90. The van der Waals surface area contributed by atoms with E-state index in [1.54, 1.807) is 4.90 Å². The van der Waals surface area contributed by atoms with Gasteiger partial charge in [0.05, 0.1) is 16.6 Å². The van der Waals surface area contributed by atoms with Crippen LogP contribution in [-0.2, 0) is 12.7 Å². The monoisotopic (exact) mass is 489 g/mol. The molecule has 35 heavy (non-hydrogen) atoms. The van der Waals surface area contributed by atoms with Crippen molar-refractivity contribution in [2.45, 2.75) is 31.5 Å². The zero-order valence-electron chi connectivity index (χ0n) is 19.2. The van der Waals surface area contributed by atoms with Crippen LogP contribution >= 0.6 is 0 Å². The second kappa shape index (κ2) is 9.58. The third kappa shape index (κ3) is 5.18. The van der Waals surface area contributed by atoms with Gasteiger partial charge in [0.25, 0.3) is 5.91 Å². The van der Waals surface area contributed by atoms with Crippen LogP contribution in [0.2, 0.25) is 0 Å². The van der Waals surface area contributed by atoms with Crippen LogP contribution in [0.1, 0.15) is 46.1 Å². The van der Waals surface area contributed by atoms with Gasteiger partial charge >= 0.3 is 6.18 Å². The molecular formula is C25H27F4N5O. The van der Waals surface area contributed by atoms with Gasteiger partial charge < -0.3 is 15.2 Å². The van der Waals surface area contributed by atoms with Crippen molar-refractivity contribution < 1.29 is 22.4 Å². The van der Waals surface area contributed by atoms with Gasteiger partial charge in [-0.15, -0.1) is 0 Å². The van der Waals surface area contributed by atoms with E-state index in [4.69, 9.17) is 0 Å². The Labute approximate surface area is 200 Å².